The third kappa shape index (κ3) is 3.07. The largest absolute Gasteiger partial charge is 0.383 e. The second kappa shape index (κ2) is 5.33. The number of nitrogen functional groups attached to an aromatic ring is 1. The Labute approximate surface area is 111 Å². The normalized spacial score (nSPS) is 13.1. The molecule has 0 fully saturated rings. The highest BCUT2D eigenvalue weighted by atomic mass is 32.2. The maximum atomic E-state index is 12.2. The monoisotopic (exact) mass is 278 g/mol. The summed E-state index contributed by atoms with van der Waals surface area (Å²) in [5, 5.41) is 0. The summed E-state index contributed by atoms with van der Waals surface area (Å²) in [6.07, 6.45) is 4.66. The minimum atomic E-state index is -3.70. The zero-order chi connectivity index (χ0) is 13.9. The molecule has 0 aliphatic rings. The van der Waals surface area contributed by atoms with Crippen LogP contribution in [0, 0.1) is 0 Å². The molecule has 0 radical (unpaired) electrons. The lowest BCUT2D eigenvalue weighted by Gasteiger charge is -2.15. The standard InChI is InChI=1S/C12H14N4O2S/c1-9(10-4-7-14-8-5-10)16-19(17,18)11-3-2-6-15-12(11)13/h2-9,16H,1H3,(H2,13,15). The summed E-state index contributed by atoms with van der Waals surface area (Å²) in [4.78, 5) is 7.65. The molecular formula is C12H14N4O2S. The van der Waals surface area contributed by atoms with Crippen LogP contribution in [-0.2, 0) is 10.0 Å². The lowest BCUT2D eigenvalue weighted by atomic mass is 10.1. The molecule has 2 rings (SSSR count). The SMILES string of the molecule is CC(NS(=O)(=O)c1cccnc1N)c1ccncc1. The van der Waals surface area contributed by atoms with Crippen molar-refractivity contribution in [3.8, 4) is 0 Å². The first-order valence-electron chi connectivity index (χ1n) is 5.63. The summed E-state index contributed by atoms with van der Waals surface area (Å²) in [7, 11) is -3.70. The molecule has 2 aromatic heterocycles. The molecule has 0 aliphatic heterocycles. The molecule has 0 saturated carbocycles. The van der Waals surface area contributed by atoms with E-state index in [0.29, 0.717) is 0 Å². The van der Waals surface area contributed by atoms with E-state index in [1.807, 2.05) is 0 Å². The highest BCUT2D eigenvalue weighted by molar-refractivity contribution is 7.89. The highest BCUT2D eigenvalue weighted by Crippen LogP contribution is 2.18. The van der Waals surface area contributed by atoms with Crippen molar-refractivity contribution in [2.45, 2.75) is 17.9 Å². The number of nitrogens with two attached hydrogens (primary N) is 1. The topological polar surface area (TPSA) is 98.0 Å². The van der Waals surface area contributed by atoms with Gasteiger partial charge in [0, 0.05) is 24.6 Å². The smallest absolute Gasteiger partial charge is 0.244 e. The third-order valence-electron chi connectivity index (χ3n) is 2.63. The van der Waals surface area contributed by atoms with Gasteiger partial charge in [-0.25, -0.2) is 18.1 Å². The minimum Gasteiger partial charge on any atom is -0.383 e. The first-order valence-corrected chi connectivity index (χ1v) is 7.12. The van der Waals surface area contributed by atoms with Crippen molar-refractivity contribution in [2.24, 2.45) is 0 Å². The van der Waals surface area contributed by atoms with E-state index in [1.54, 1.807) is 31.5 Å². The Kier molecular flexibility index (Phi) is 3.77. The molecule has 100 valence electrons. The fourth-order valence-electron chi connectivity index (χ4n) is 1.65. The van der Waals surface area contributed by atoms with Gasteiger partial charge in [-0.15, -0.1) is 0 Å². The van der Waals surface area contributed by atoms with Gasteiger partial charge in [0.15, 0.2) is 0 Å². The molecule has 2 heterocycles. The Morgan fingerprint density at radius 1 is 1.21 bits per heavy atom. The Bertz CT molecular complexity index is 658. The average molecular weight is 278 g/mol. The molecule has 0 amide bonds. The van der Waals surface area contributed by atoms with E-state index in [-0.39, 0.29) is 16.8 Å². The Balaban J connectivity index is 2.26. The van der Waals surface area contributed by atoms with E-state index >= 15 is 0 Å². The number of aromatic nitrogens is 2. The fourth-order valence-corrected chi connectivity index (χ4v) is 2.96. The van der Waals surface area contributed by atoms with Gasteiger partial charge in [-0.05, 0) is 36.8 Å². The molecule has 0 bridgehead atoms. The maximum Gasteiger partial charge on any atom is 0.244 e. The van der Waals surface area contributed by atoms with Gasteiger partial charge in [-0.3, -0.25) is 4.98 Å². The van der Waals surface area contributed by atoms with Crippen molar-refractivity contribution >= 4 is 15.8 Å². The zero-order valence-corrected chi connectivity index (χ0v) is 11.1. The molecule has 19 heavy (non-hydrogen) atoms. The highest BCUT2D eigenvalue weighted by Gasteiger charge is 2.21. The van der Waals surface area contributed by atoms with E-state index in [2.05, 4.69) is 14.7 Å². The molecular weight excluding hydrogens is 264 g/mol. The first kappa shape index (κ1) is 13.4. The summed E-state index contributed by atoms with van der Waals surface area (Å²) in [5.41, 5.74) is 6.40. The fraction of sp³-hybridized carbons (Fsp3) is 0.167. The van der Waals surface area contributed by atoms with E-state index in [4.69, 9.17) is 5.73 Å². The van der Waals surface area contributed by atoms with Crippen LogP contribution < -0.4 is 10.5 Å². The summed E-state index contributed by atoms with van der Waals surface area (Å²) in [6.45, 7) is 1.75. The lowest BCUT2D eigenvalue weighted by molar-refractivity contribution is 0.567. The van der Waals surface area contributed by atoms with Gasteiger partial charge in [0.2, 0.25) is 10.0 Å². The van der Waals surface area contributed by atoms with Crippen LogP contribution in [-0.4, -0.2) is 18.4 Å². The van der Waals surface area contributed by atoms with Crippen molar-refractivity contribution in [3.05, 3.63) is 48.4 Å². The summed E-state index contributed by atoms with van der Waals surface area (Å²) < 4.78 is 26.9. The third-order valence-corrected chi connectivity index (χ3v) is 4.22. The van der Waals surface area contributed by atoms with Crippen LogP contribution in [0.2, 0.25) is 0 Å². The molecule has 0 aromatic carbocycles. The Morgan fingerprint density at radius 2 is 1.89 bits per heavy atom. The average Bonchev–Trinajstić information content (AvgIpc) is 2.39. The van der Waals surface area contributed by atoms with Gasteiger partial charge in [0.1, 0.15) is 10.7 Å². The van der Waals surface area contributed by atoms with E-state index < -0.39 is 10.0 Å². The predicted octanol–water partition coefficient (Wildman–Crippen LogP) is 1.10. The van der Waals surface area contributed by atoms with Crippen LogP contribution in [0.4, 0.5) is 5.82 Å². The lowest BCUT2D eigenvalue weighted by Crippen LogP contribution is -2.27. The van der Waals surface area contributed by atoms with Crippen molar-refractivity contribution in [3.63, 3.8) is 0 Å². The molecule has 2 aromatic rings. The molecule has 1 atom stereocenters. The van der Waals surface area contributed by atoms with E-state index in [1.165, 1.54) is 18.3 Å². The van der Waals surface area contributed by atoms with Gasteiger partial charge in [0.05, 0.1) is 0 Å². The number of nitrogens with one attached hydrogen (secondary N) is 1. The molecule has 3 N–H and O–H groups in total. The molecule has 6 nitrogen and oxygen atoms in total. The van der Waals surface area contributed by atoms with Crippen molar-refractivity contribution in [1.82, 2.24) is 14.7 Å². The van der Waals surface area contributed by atoms with Crippen molar-refractivity contribution in [2.75, 3.05) is 5.73 Å². The number of nitrogens with zero attached hydrogens (tertiary/aromatic N) is 2. The number of sulfonamides is 1. The summed E-state index contributed by atoms with van der Waals surface area (Å²) in [6, 6.07) is 6.07. The van der Waals surface area contributed by atoms with Gasteiger partial charge in [-0.2, -0.15) is 0 Å². The molecule has 0 spiro atoms. The van der Waals surface area contributed by atoms with Crippen LogP contribution in [0.1, 0.15) is 18.5 Å². The first-order chi connectivity index (χ1) is 9.00. The molecule has 7 heteroatoms. The minimum absolute atomic E-state index is 0.0167. The predicted molar refractivity (Wildman–Crippen MR) is 71.6 cm³/mol. The van der Waals surface area contributed by atoms with E-state index in [0.717, 1.165) is 5.56 Å². The van der Waals surface area contributed by atoms with E-state index in [9.17, 15) is 8.42 Å². The Morgan fingerprint density at radius 3 is 2.53 bits per heavy atom. The summed E-state index contributed by atoms with van der Waals surface area (Å²) in [5.74, 6) is -0.0167. The molecule has 0 aliphatic carbocycles. The van der Waals surface area contributed by atoms with Crippen LogP contribution in [0.3, 0.4) is 0 Å². The second-order valence-corrected chi connectivity index (χ2v) is 5.69. The summed E-state index contributed by atoms with van der Waals surface area (Å²) >= 11 is 0. The number of anilines is 1. The van der Waals surface area contributed by atoms with Crippen LogP contribution in [0.15, 0.2) is 47.8 Å². The number of hydrogen-bond acceptors (Lipinski definition) is 5. The Hall–Kier alpha value is -1.99. The van der Waals surface area contributed by atoms with Crippen molar-refractivity contribution in [1.29, 1.82) is 0 Å². The molecule has 0 saturated heterocycles. The number of hydrogen-bond donors (Lipinski definition) is 2. The second-order valence-electron chi connectivity index (χ2n) is 4.01. The maximum absolute atomic E-state index is 12.2. The van der Waals surface area contributed by atoms with Gasteiger partial charge >= 0.3 is 0 Å². The van der Waals surface area contributed by atoms with Gasteiger partial charge < -0.3 is 5.73 Å². The number of pyridine rings is 2. The quantitative estimate of drug-likeness (QED) is 0.872. The number of rotatable bonds is 4. The zero-order valence-electron chi connectivity index (χ0n) is 10.3. The van der Waals surface area contributed by atoms with Gasteiger partial charge in [-0.1, -0.05) is 0 Å². The van der Waals surface area contributed by atoms with Gasteiger partial charge in [0.25, 0.3) is 0 Å². The van der Waals surface area contributed by atoms with Crippen LogP contribution in [0.25, 0.3) is 0 Å². The van der Waals surface area contributed by atoms with Crippen molar-refractivity contribution < 1.29 is 8.42 Å². The molecule has 1 unspecified atom stereocenters. The van der Waals surface area contributed by atoms with Crippen LogP contribution >= 0.6 is 0 Å². The van der Waals surface area contributed by atoms with Crippen LogP contribution in [0.5, 0.6) is 0 Å².